The number of ether oxygens (including phenoxy) is 1. The maximum atomic E-state index is 10.9. The Bertz CT molecular complexity index is 174. The zero-order valence-corrected chi connectivity index (χ0v) is 6.09. The number of hydrogen-bond acceptors (Lipinski definition) is 3. The fourth-order valence-electron chi connectivity index (χ4n) is 1.22. The first-order valence-corrected chi connectivity index (χ1v) is 3.27. The second-order valence-corrected chi connectivity index (χ2v) is 2.57. The SMILES string of the molecule is CC(=O)C1C(=O)COC1C. The van der Waals surface area contributed by atoms with Crippen molar-refractivity contribution in [2.24, 2.45) is 5.92 Å². The number of hydrogen-bond donors (Lipinski definition) is 0. The summed E-state index contributed by atoms with van der Waals surface area (Å²) >= 11 is 0. The Kier molecular flexibility index (Phi) is 1.85. The molecule has 0 aromatic heterocycles. The Labute approximate surface area is 59.4 Å². The summed E-state index contributed by atoms with van der Waals surface area (Å²) in [6, 6.07) is 0. The van der Waals surface area contributed by atoms with Gasteiger partial charge in [0.2, 0.25) is 0 Å². The molecule has 1 saturated heterocycles. The van der Waals surface area contributed by atoms with E-state index >= 15 is 0 Å². The number of rotatable bonds is 1. The Morgan fingerprint density at radius 1 is 1.70 bits per heavy atom. The van der Waals surface area contributed by atoms with Crippen molar-refractivity contribution in [1.82, 2.24) is 0 Å². The normalized spacial score (nSPS) is 32.8. The zero-order chi connectivity index (χ0) is 7.72. The van der Waals surface area contributed by atoms with Gasteiger partial charge in [-0.1, -0.05) is 0 Å². The van der Waals surface area contributed by atoms with E-state index in [1.165, 1.54) is 6.92 Å². The molecule has 0 amide bonds. The fraction of sp³-hybridized carbons (Fsp3) is 0.714. The van der Waals surface area contributed by atoms with Crippen molar-refractivity contribution in [3.05, 3.63) is 0 Å². The van der Waals surface area contributed by atoms with Gasteiger partial charge in [0.1, 0.15) is 18.3 Å². The van der Waals surface area contributed by atoms with Crippen molar-refractivity contribution < 1.29 is 14.3 Å². The van der Waals surface area contributed by atoms with E-state index in [0.717, 1.165) is 0 Å². The Hall–Kier alpha value is -0.700. The molecule has 2 unspecified atom stereocenters. The summed E-state index contributed by atoms with van der Waals surface area (Å²) in [6.07, 6.45) is -0.218. The van der Waals surface area contributed by atoms with Crippen LogP contribution in [0.3, 0.4) is 0 Å². The van der Waals surface area contributed by atoms with Gasteiger partial charge >= 0.3 is 0 Å². The summed E-state index contributed by atoms with van der Waals surface area (Å²) in [5.41, 5.74) is 0. The average Bonchev–Trinajstić information content (AvgIpc) is 2.11. The molecule has 3 nitrogen and oxygen atoms in total. The van der Waals surface area contributed by atoms with Crippen molar-refractivity contribution in [1.29, 1.82) is 0 Å². The van der Waals surface area contributed by atoms with E-state index in [-0.39, 0.29) is 24.3 Å². The summed E-state index contributed by atoms with van der Waals surface area (Å²) in [5, 5.41) is 0. The van der Waals surface area contributed by atoms with E-state index in [2.05, 4.69) is 0 Å². The van der Waals surface area contributed by atoms with Gasteiger partial charge in [0.05, 0.1) is 6.10 Å². The molecule has 0 saturated carbocycles. The minimum atomic E-state index is -0.500. The first kappa shape index (κ1) is 7.41. The zero-order valence-electron chi connectivity index (χ0n) is 6.09. The Morgan fingerprint density at radius 2 is 2.30 bits per heavy atom. The van der Waals surface area contributed by atoms with Gasteiger partial charge in [-0.05, 0) is 13.8 Å². The predicted octanol–water partition coefficient (Wildman–Crippen LogP) is 0.179. The molecule has 1 aliphatic rings. The summed E-state index contributed by atoms with van der Waals surface area (Å²) in [6.45, 7) is 3.27. The van der Waals surface area contributed by atoms with Gasteiger partial charge in [0, 0.05) is 0 Å². The highest BCUT2D eigenvalue weighted by Gasteiger charge is 2.35. The molecule has 1 rings (SSSR count). The molecule has 56 valence electrons. The van der Waals surface area contributed by atoms with Crippen LogP contribution in [0.15, 0.2) is 0 Å². The highest BCUT2D eigenvalue weighted by atomic mass is 16.5. The van der Waals surface area contributed by atoms with Crippen molar-refractivity contribution in [2.45, 2.75) is 20.0 Å². The third-order valence-electron chi connectivity index (χ3n) is 1.74. The van der Waals surface area contributed by atoms with E-state index in [1.54, 1.807) is 6.92 Å². The largest absolute Gasteiger partial charge is 0.370 e. The van der Waals surface area contributed by atoms with Gasteiger partial charge in [-0.25, -0.2) is 0 Å². The fourth-order valence-corrected chi connectivity index (χ4v) is 1.22. The Morgan fingerprint density at radius 3 is 2.50 bits per heavy atom. The summed E-state index contributed by atoms with van der Waals surface area (Å²) < 4.78 is 4.97. The predicted molar refractivity (Wildman–Crippen MR) is 34.6 cm³/mol. The van der Waals surface area contributed by atoms with Crippen LogP contribution in [-0.4, -0.2) is 24.3 Å². The second-order valence-electron chi connectivity index (χ2n) is 2.57. The highest BCUT2D eigenvalue weighted by Crippen LogP contribution is 2.17. The molecular weight excluding hydrogens is 132 g/mol. The van der Waals surface area contributed by atoms with E-state index in [1.807, 2.05) is 0 Å². The lowest BCUT2D eigenvalue weighted by atomic mass is 9.98. The lowest BCUT2D eigenvalue weighted by Gasteiger charge is -2.06. The number of Topliss-reactive ketones (excluding diaryl/α,β-unsaturated/α-hetero) is 2. The molecule has 0 aromatic rings. The molecule has 0 aliphatic carbocycles. The molecular formula is C7H10O3. The van der Waals surface area contributed by atoms with E-state index in [0.29, 0.717) is 0 Å². The smallest absolute Gasteiger partial charge is 0.171 e. The minimum Gasteiger partial charge on any atom is -0.370 e. The maximum absolute atomic E-state index is 10.9. The summed E-state index contributed by atoms with van der Waals surface area (Å²) in [5.74, 6) is -0.671. The standard InChI is InChI=1S/C7H10O3/c1-4(8)7-5(2)10-3-6(7)9/h5,7H,3H2,1-2H3. The van der Waals surface area contributed by atoms with Gasteiger partial charge in [-0.3, -0.25) is 9.59 Å². The van der Waals surface area contributed by atoms with Gasteiger partial charge in [0.25, 0.3) is 0 Å². The topological polar surface area (TPSA) is 43.4 Å². The molecule has 0 aromatic carbocycles. The van der Waals surface area contributed by atoms with E-state index in [9.17, 15) is 9.59 Å². The van der Waals surface area contributed by atoms with Gasteiger partial charge in [0.15, 0.2) is 5.78 Å². The molecule has 0 spiro atoms. The number of carbonyl (C=O) groups is 2. The third kappa shape index (κ3) is 1.09. The molecule has 1 fully saturated rings. The summed E-state index contributed by atoms with van der Waals surface area (Å²) in [7, 11) is 0. The average molecular weight is 142 g/mol. The second kappa shape index (κ2) is 2.50. The molecule has 1 heterocycles. The lowest BCUT2D eigenvalue weighted by Crippen LogP contribution is -2.24. The third-order valence-corrected chi connectivity index (χ3v) is 1.74. The monoisotopic (exact) mass is 142 g/mol. The first-order chi connectivity index (χ1) is 4.63. The van der Waals surface area contributed by atoms with Crippen molar-refractivity contribution in [3.8, 4) is 0 Å². The van der Waals surface area contributed by atoms with Crippen LogP contribution in [0.25, 0.3) is 0 Å². The van der Waals surface area contributed by atoms with Crippen LogP contribution in [0.4, 0.5) is 0 Å². The lowest BCUT2D eigenvalue weighted by molar-refractivity contribution is -0.129. The molecule has 0 radical (unpaired) electrons. The molecule has 0 bridgehead atoms. The maximum Gasteiger partial charge on any atom is 0.171 e. The first-order valence-electron chi connectivity index (χ1n) is 3.27. The van der Waals surface area contributed by atoms with Crippen LogP contribution in [0.5, 0.6) is 0 Å². The highest BCUT2D eigenvalue weighted by molar-refractivity contribution is 6.03. The van der Waals surface area contributed by atoms with Crippen LogP contribution in [0.2, 0.25) is 0 Å². The molecule has 10 heavy (non-hydrogen) atoms. The van der Waals surface area contributed by atoms with Crippen LogP contribution in [0.1, 0.15) is 13.8 Å². The van der Waals surface area contributed by atoms with Crippen LogP contribution >= 0.6 is 0 Å². The number of ketones is 2. The van der Waals surface area contributed by atoms with Gasteiger partial charge < -0.3 is 4.74 Å². The van der Waals surface area contributed by atoms with Crippen LogP contribution in [-0.2, 0) is 14.3 Å². The summed E-state index contributed by atoms with van der Waals surface area (Å²) in [4.78, 5) is 21.6. The van der Waals surface area contributed by atoms with E-state index < -0.39 is 5.92 Å². The molecule has 1 aliphatic heterocycles. The van der Waals surface area contributed by atoms with Crippen molar-refractivity contribution in [2.75, 3.05) is 6.61 Å². The quantitative estimate of drug-likeness (QED) is 0.490. The van der Waals surface area contributed by atoms with Crippen molar-refractivity contribution >= 4 is 11.6 Å². The number of carbonyl (C=O) groups excluding carboxylic acids is 2. The molecule has 3 heteroatoms. The van der Waals surface area contributed by atoms with E-state index in [4.69, 9.17) is 4.74 Å². The van der Waals surface area contributed by atoms with Gasteiger partial charge in [-0.15, -0.1) is 0 Å². The van der Waals surface area contributed by atoms with Crippen molar-refractivity contribution in [3.63, 3.8) is 0 Å². The van der Waals surface area contributed by atoms with Crippen LogP contribution < -0.4 is 0 Å². The Balaban J connectivity index is 2.72. The molecule has 0 N–H and O–H groups in total. The minimum absolute atomic E-state index is 0.0833. The van der Waals surface area contributed by atoms with Crippen LogP contribution in [0, 0.1) is 5.92 Å². The molecule has 2 atom stereocenters. The van der Waals surface area contributed by atoms with Gasteiger partial charge in [-0.2, -0.15) is 0 Å².